The van der Waals surface area contributed by atoms with Gasteiger partial charge < -0.3 is 14.9 Å². The molecule has 1 amide bonds. The summed E-state index contributed by atoms with van der Waals surface area (Å²) < 4.78 is 5.18. The summed E-state index contributed by atoms with van der Waals surface area (Å²) in [6.07, 6.45) is -0.120. The molecule has 0 unspecified atom stereocenters. The summed E-state index contributed by atoms with van der Waals surface area (Å²) in [4.78, 5) is 35.5. The number of rotatable bonds is 5. The highest BCUT2D eigenvalue weighted by atomic mass is 16.6. The average molecular weight is 321 g/mol. The summed E-state index contributed by atoms with van der Waals surface area (Å²) in [7, 11) is 0. The molecule has 1 aliphatic rings. The molecule has 1 fully saturated rings. The molecule has 1 heterocycles. The summed E-state index contributed by atoms with van der Waals surface area (Å²) >= 11 is 0. The van der Waals surface area contributed by atoms with Crippen LogP contribution in [0.5, 0.6) is 0 Å². The van der Waals surface area contributed by atoms with Gasteiger partial charge in [0.15, 0.2) is 0 Å². The molecule has 1 aromatic carbocycles. The van der Waals surface area contributed by atoms with Gasteiger partial charge in [-0.1, -0.05) is 30.3 Å². The first-order chi connectivity index (χ1) is 11.0. The number of aliphatic carboxylic acids is 2. The van der Waals surface area contributed by atoms with Crippen molar-refractivity contribution >= 4 is 18.0 Å². The molecule has 0 saturated carbocycles. The zero-order chi connectivity index (χ0) is 16.8. The van der Waals surface area contributed by atoms with E-state index in [9.17, 15) is 19.5 Å². The SMILES string of the molecule is O=C(O)C[C@@H]1CC[C@@H](C(=O)O)N(C(=O)OCc2ccccc2)C1. The van der Waals surface area contributed by atoms with Crippen molar-refractivity contribution in [2.24, 2.45) is 5.92 Å². The van der Waals surface area contributed by atoms with E-state index in [4.69, 9.17) is 9.84 Å². The Morgan fingerprint density at radius 2 is 1.83 bits per heavy atom. The summed E-state index contributed by atoms with van der Waals surface area (Å²) in [5.74, 6) is -2.32. The van der Waals surface area contributed by atoms with Crippen molar-refractivity contribution in [1.82, 2.24) is 4.90 Å². The molecule has 0 radical (unpaired) electrons. The molecule has 2 N–H and O–H groups in total. The minimum Gasteiger partial charge on any atom is -0.481 e. The fourth-order valence-electron chi connectivity index (χ4n) is 2.72. The highest BCUT2D eigenvalue weighted by molar-refractivity contribution is 5.80. The van der Waals surface area contributed by atoms with Crippen LogP contribution in [-0.2, 0) is 20.9 Å². The van der Waals surface area contributed by atoms with Crippen LogP contribution in [0, 0.1) is 5.92 Å². The summed E-state index contributed by atoms with van der Waals surface area (Å²) in [5, 5.41) is 18.1. The third kappa shape index (κ3) is 4.70. The fourth-order valence-corrected chi connectivity index (χ4v) is 2.72. The minimum atomic E-state index is -1.10. The molecule has 23 heavy (non-hydrogen) atoms. The molecule has 7 nitrogen and oxygen atoms in total. The topological polar surface area (TPSA) is 104 Å². The van der Waals surface area contributed by atoms with E-state index in [0.29, 0.717) is 6.42 Å². The van der Waals surface area contributed by atoms with Gasteiger partial charge >= 0.3 is 18.0 Å². The molecule has 0 bridgehead atoms. The van der Waals surface area contributed by atoms with E-state index in [-0.39, 0.29) is 31.9 Å². The highest BCUT2D eigenvalue weighted by Gasteiger charge is 2.37. The average Bonchev–Trinajstić information content (AvgIpc) is 2.52. The second-order valence-corrected chi connectivity index (χ2v) is 5.59. The largest absolute Gasteiger partial charge is 0.481 e. The lowest BCUT2D eigenvalue weighted by Gasteiger charge is -2.36. The summed E-state index contributed by atoms with van der Waals surface area (Å²) in [5.41, 5.74) is 0.798. The molecule has 0 aliphatic carbocycles. The lowest BCUT2D eigenvalue weighted by atomic mass is 9.90. The van der Waals surface area contributed by atoms with Crippen molar-refractivity contribution in [3.63, 3.8) is 0 Å². The van der Waals surface area contributed by atoms with Crippen molar-refractivity contribution in [2.45, 2.75) is 31.9 Å². The standard InChI is InChI=1S/C16H19NO6/c18-14(19)8-12-6-7-13(15(20)21)17(9-12)16(22)23-10-11-4-2-1-3-5-11/h1-5,12-13H,6-10H2,(H,18,19)(H,20,21)/t12-,13-/m0/s1. The van der Waals surface area contributed by atoms with Gasteiger partial charge in [-0.15, -0.1) is 0 Å². The van der Waals surface area contributed by atoms with Gasteiger partial charge in [-0.25, -0.2) is 9.59 Å². The monoisotopic (exact) mass is 321 g/mol. The van der Waals surface area contributed by atoms with Gasteiger partial charge in [0.2, 0.25) is 0 Å². The maximum Gasteiger partial charge on any atom is 0.410 e. The Bertz CT molecular complexity index is 573. The molecular formula is C16H19NO6. The first-order valence-electron chi connectivity index (χ1n) is 7.39. The number of ether oxygens (including phenoxy) is 1. The van der Waals surface area contributed by atoms with Crippen LogP contribution in [0.4, 0.5) is 4.79 Å². The first kappa shape index (κ1) is 16.8. The Balaban J connectivity index is 2.00. The maximum absolute atomic E-state index is 12.2. The zero-order valence-corrected chi connectivity index (χ0v) is 12.6. The van der Waals surface area contributed by atoms with E-state index in [1.165, 1.54) is 0 Å². The number of likely N-dealkylation sites (tertiary alicyclic amines) is 1. The first-order valence-corrected chi connectivity index (χ1v) is 7.39. The third-order valence-corrected chi connectivity index (χ3v) is 3.87. The van der Waals surface area contributed by atoms with Crippen LogP contribution in [0.25, 0.3) is 0 Å². The molecule has 1 aromatic rings. The van der Waals surface area contributed by atoms with Crippen molar-refractivity contribution in [3.8, 4) is 0 Å². The van der Waals surface area contributed by atoms with Crippen molar-refractivity contribution in [2.75, 3.05) is 6.54 Å². The summed E-state index contributed by atoms with van der Waals surface area (Å²) in [6.45, 7) is 0.128. The highest BCUT2D eigenvalue weighted by Crippen LogP contribution is 2.25. The zero-order valence-electron chi connectivity index (χ0n) is 12.6. The number of hydrogen-bond acceptors (Lipinski definition) is 4. The fraction of sp³-hybridized carbons (Fsp3) is 0.438. The predicted octanol–water partition coefficient (Wildman–Crippen LogP) is 1.96. The second kappa shape index (κ2) is 7.62. The number of carbonyl (C=O) groups is 3. The predicted molar refractivity (Wildman–Crippen MR) is 79.7 cm³/mol. The van der Waals surface area contributed by atoms with Crippen molar-refractivity contribution in [3.05, 3.63) is 35.9 Å². The van der Waals surface area contributed by atoms with Gasteiger partial charge in [0.25, 0.3) is 0 Å². The number of nitrogens with zero attached hydrogens (tertiary/aromatic N) is 1. The van der Waals surface area contributed by atoms with E-state index in [1.54, 1.807) is 12.1 Å². The number of carboxylic acids is 2. The Morgan fingerprint density at radius 1 is 1.13 bits per heavy atom. The van der Waals surface area contributed by atoms with Crippen molar-refractivity contribution in [1.29, 1.82) is 0 Å². The molecule has 0 spiro atoms. The lowest BCUT2D eigenvalue weighted by molar-refractivity contribution is -0.145. The molecule has 1 saturated heterocycles. The van der Waals surface area contributed by atoms with E-state index < -0.39 is 24.1 Å². The molecule has 0 aromatic heterocycles. The Kier molecular flexibility index (Phi) is 5.56. The molecule has 2 rings (SSSR count). The van der Waals surface area contributed by atoms with E-state index in [2.05, 4.69) is 0 Å². The van der Waals surface area contributed by atoms with Crippen LogP contribution >= 0.6 is 0 Å². The number of carboxylic acid groups (broad SMARTS) is 2. The third-order valence-electron chi connectivity index (χ3n) is 3.87. The van der Waals surface area contributed by atoms with Crippen LogP contribution in [0.15, 0.2) is 30.3 Å². The van der Waals surface area contributed by atoms with Gasteiger partial charge in [0.1, 0.15) is 12.6 Å². The van der Waals surface area contributed by atoms with Gasteiger partial charge in [0, 0.05) is 13.0 Å². The molecule has 7 heteroatoms. The molecular weight excluding hydrogens is 302 g/mol. The van der Waals surface area contributed by atoms with Crippen LogP contribution < -0.4 is 0 Å². The van der Waals surface area contributed by atoms with E-state index >= 15 is 0 Å². The number of benzene rings is 1. The van der Waals surface area contributed by atoms with Crippen LogP contribution in [-0.4, -0.2) is 45.7 Å². The Labute approximate surface area is 133 Å². The summed E-state index contributed by atoms with van der Waals surface area (Å²) in [6, 6.07) is 8.09. The van der Waals surface area contributed by atoms with E-state index in [0.717, 1.165) is 10.5 Å². The smallest absolute Gasteiger partial charge is 0.410 e. The molecule has 2 atom stereocenters. The molecule has 124 valence electrons. The van der Waals surface area contributed by atoms with Crippen LogP contribution in [0.2, 0.25) is 0 Å². The van der Waals surface area contributed by atoms with Gasteiger partial charge in [-0.2, -0.15) is 0 Å². The van der Waals surface area contributed by atoms with Gasteiger partial charge in [-0.3, -0.25) is 9.69 Å². The van der Waals surface area contributed by atoms with Crippen molar-refractivity contribution < 1.29 is 29.3 Å². The van der Waals surface area contributed by atoms with E-state index in [1.807, 2.05) is 18.2 Å². The van der Waals surface area contributed by atoms with Gasteiger partial charge in [0.05, 0.1) is 0 Å². The van der Waals surface area contributed by atoms with Crippen LogP contribution in [0.3, 0.4) is 0 Å². The quantitative estimate of drug-likeness (QED) is 0.859. The maximum atomic E-state index is 12.2. The Hall–Kier alpha value is -2.57. The number of piperidine rings is 1. The lowest BCUT2D eigenvalue weighted by Crippen LogP contribution is -2.51. The molecule has 1 aliphatic heterocycles. The van der Waals surface area contributed by atoms with Gasteiger partial charge in [-0.05, 0) is 24.3 Å². The minimum absolute atomic E-state index is 0.0477. The second-order valence-electron chi connectivity index (χ2n) is 5.59. The Morgan fingerprint density at radius 3 is 2.43 bits per heavy atom. The number of hydrogen-bond donors (Lipinski definition) is 2. The number of amides is 1. The normalized spacial score (nSPS) is 20.8. The van der Waals surface area contributed by atoms with Crippen LogP contribution in [0.1, 0.15) is 24.8 Å². The number of carbonyl (C=O) groups excluding carboxylic acids is 1.